The average Bonchev–Trinajstić information content (AvgIpc) is 3.14. The van der Waals surface area contributed by atoms with Gasteiger partial charge in [0.25, 0.3) is 0 Å². The molecule has 2 aromatic carbocycles. The summed E-state index contributed by atoms with van der Waals surface area (Å²) >= 11 is 6.00. The summed E-state index contributed by atoms with van der Waals surface area (Å²) in [5, 5.41) is 5.55. The zero-order valence-corrected chi connectivity index (χ0v) is 19.9. The SMILES string of the molecule is CCCN1c2cc(C)c(/C=N\NC(=O)c3cc4cc(Cl)ccc4o3)cc2C(C)=CC1(C)C. The number of hydrogen-bond donors (Lipinski definition) is 1. The number of aryl methyl sites for hydroxylation is 1. The second-order valence-corrected chi connectivity index (χ2v) is 9.29. The zero-order valence-electron chi connectivity index (χ0n) is 19.1. The summed E-state index contributed by atoms with van der Waals surface area (Å²) in [6.07, 6.45) is 5.08. The molecule has 0 spiro atoms. The van der Waals surface area contributed by atoms with Crippen molar-refractivity contribution in [2.45, 2.75) is 46.6 Å². The molecule has 5 nitrogen and oxygen atoms in total. The van der Waals surface area contributed by atoms with Crippen LogP contribution in [-0.4, -0.2) is 24.2 Å². The minimum Gasteiger partial charge on any atom is -0.451 e. The lowest BCUT2D eigenvalue weighted by Gasteiger charge is -2.43. The van der Waals surface area contributed by atoms with Gasteiger partial charge in [-0.05, 0) is 87.2 Å². The fourth-order valence-electron chi connectivity index (χ4n) is 4.36. The van der Waals surface area contributed by atoms with Crippen LogP contribution in [-0.2, 0) is 0 Å². The molecular weight excluding hydrogens is 422 g/mol. The molecule has 0 saturated carbocycles. The first-order valence-corrected chi connectivity index (χ1v) is 11.2. The van der Waals surface area contributed by atoms with Gasteiger partial charge < -0.3 is 9.32 Å². The van der Waals surface area contributed by atoms with Crippen molar-refractivity contribution < 1.29 is 9.21 Å². The topological polar surface area (TPSA) is 57.8 Å². The minimum atomic E-state index is -0.406. The highest BCUT2D eigenvalue weighted by atomic mass is 35.5. The number of benzene rings is 2. The van der Waals surface area contributed by atoms with Gasteiger partial charge in [-0.1, -0.05) is 24.6 Å². The van der Waals surface area contributed by atoms with Crippen molar-refractivity contribution in [3.63, 3.8) is 0 Å². The number of hydrogen-bond acceptors (Lipinski definition) is 4. The van der Waals surface area contributed by atoms with Crippen LogP contribution in [0.1, 0.15) is 61.4 Å². The number of allylic oxidation sites excluding steroid dienone is 1. The van der Waals surface area contributed by atoms with E-state index in [-0.39, 0.29) is 11.3 Å². The van der Waals surface area contributed by atoms with Crippen LogP contribution in [0, 0.1) is 6.92 Å². The number of nitrogens with one attached hydrogen (secondary N) is 1. The minimum absolute atomic E-state index is 0.0279. The third kappa shape index (κ3) is 4.17. The van der Waals surface area contributed by atoms with Crippen molar-refractivity contribution in [1.29, 1.82) is 0 Å². The normalized spacial score (nSPS) is 15.2. The maximum atomic E-state index is 12.5. The monoisotopic (exact) mass is 449 g/mol. The first-order valence-electron chi connectivity index (χ1n) is 10.8. The number of halogens is 1. The van der Waals surface area contributed by atoms with Crippen LogP contribution < -0.4 is 10.3 Å². The van der Waals surface area contributed by atoms with Gasteiger partial charge >= 0.3 is 5.91 Å². The lowest BCUT2D eigenvalue weighted by atomic mass is 9.87. The summed E-state index contributed by atoms with van der Waals surface area (Å²) in [5.41, 5.74) is 8.90. The molecule has 0 saturated heterocycles. The molecule has 1 aliphatic rings. The molecule has 32 heavy (non-hydrogen) atoms. The number of nitrogens with zero attached hydrogens (tertiary/aromatic N) is 2. The number of amides is 1. The summed E-state index contributed by atoms with van der Waals surface area (Å²) in [5.74, 6) is -0.214. The first-order chi connectivity index (χ1) is 15.2. The lowest BCUT2D eigenvalue weighted by molar-refractivity contribution is 0.0929. The van der Waals surface area contributed by atoms with Crippen molar-refractivity contribution in [2.24, 2.45) is 5.10 Å². The molecule has 1 aromatic heterocycles. The fraction of sp³-hybridized carbons (Fsp3) is 0.308. The van der Waals surface area contributed by atoms with E-state index in [1.165, 1.54) is 16.8 Å². The predicted molar refractivity (Wildman–Crippen MR) is 133 cm³/mol. The molecule has 0 aliphatic carbocycles. The maximum absolute atomic E-state index is 12.5. The molecule has 1 N–H and O–H groups in total. The number of rotatable bonds is 5. The van der Waals surface area contributed by atoms with Crippen LogP contribution in [0.3, 0.4) is 0 Å². The van der Waals surface area contributed by atoms with Gasteiger partial charge in [0.1, 0.15) is 5.58 Å². The second kappa shape index (κ2) is 8.47. The smallest absolute Gasteiger partial charge is 0.307 e. The Morgan fingerprint density at radius 1 is 1.22 bits per heavy atom. The Hall–Kier alpha value is -3.05. The van der Waals surface area contributed by atoms with Crippen molar-refractivity contribution in [1.82, 2.24) is 5.43 Å². The molecule has 0 radical (unpaired) electrons. The fourth-order valence-corrected chi connectivity index (χ4v) is 4.54. The van der Waals surface area contributed by atoms with Crippen LogP contribution in [0.5, 0.6) is 0 Å². The molecular formula is C26H28ClN3O2. The predicted octanol–water partition coefficient (Wildman–Crippen LogP) is 6.57. The molecule has 3 aromatic rings. The molecule has 1 aliphatic heterocycles. The molecule has 1 amide bonds. The summed E-state index contributed by atoms with van der Waals surface area (Å²) in [7, 11) is 0. The average molecular weight is 450 g/mol. The van der Waals surface area contributed by atoms with Gasteiger partial charge in [-0.15, -0.1) is 0 Å². The van der Waals surface area contributed by atoms with Gasteiger partial charge in [-0.3, -0.25) is 4.79 Å². The third-order valence-corrected chi connectivity index (χ3v) is 6.12. The van der Waals surface area contributed by atoms with Crippen LogP contribution >= 0.6 is 11.6 Å². The van der Waals surface area contributed by atoms with Gasteiger partial charge in [-0.25, -0.2) is 5.43 Å². The number of fused-ring (bicyclic) bond motifs is 2. The number of hydrazone groups is 1. The standard InChI is InChI=1S/C26H28ClN3O2/c1-6-9-30-22-10-16(2)19(12-21(22)17(3)14-26(30,4)5)15-28-29-25(31)24-13-18-11-20(27)7-8-23(18)32-24/h7-8,10-15H,6,9H2,1-5H3,(H,29,31)/b28-15-. The van der Waals surface area contributed by atoms with E-state index in [0.29, 0.717) is 10.6 Å². The molecule has 0 unspecified atom stereocenters. The highest BCUT2D eigenvalue weighted by molar-refractivity contribution is 6.31. The van der Waals surface area contributed by atoms with Crippen LogP contribution in [0.4, 0.5) is 5.69 Å². The van der Waals surface area contributed by atoms with E-state index >= 15 is 0 Å². The molecule has 2 heterocycles. The summed E-state index contributed by atoms with van der Waals surface area (Å²) in [6.45, 7) is 11.9. The van der Waals surface area contributed by atoms with Gasteiger partial charge in [0.15, 0.2) is 5.76 Å². The summed E-state index contributed by atoms with van der Waals surface area (Å²) in [6, 6.07) is 11.3. The van der Waals surface area contributed by atoms with E-state index in [0.717, 1.165) is 29.5 Å². The van der Waals surface area contributed by atoms with Crippen LogP contribution in [0.2, 0.25) is 5.02 Å². The summed E-state index contributed by atoms with van der Waals surface area (Å²) < 4.78 is 5.60. The Morgan fingerprint density at radius 3 is 2.75 bits per heavy atom. The van der Waals surface area contributed by atoms with Gasteiger partial charge in [0, 0.05) is 28.2 Å². The van der Waals surface area contributed by atoms with Crippen molar-refractivity contribution in [2.75, 3.05) is 11.4 Å². The van der Waals surface area contributed by atoms with E-state index in [1.54, 1.807) is 30.5 Å². The van der Waals surface area contributed by atoms with Crippen molar-refractivity contribution in [3.05, 3.63) is 69.9 Å². The Labute approximate surface area is 193 Å². The summed E-state index contributed by atoms with van der Waals surface area (Å²) in [4.78, 5) is 14.9. The lowest BCUT2D eigenvalue weighted by Crippen LogP contribution is -2.45. The molecule has 4 rings (SSSR count). The molecule has 0 fully saturated rings. The molecule has 166 valence electrons. The van der Waals surface area contributed by atoms with Crippen LogP contribution in [0.25, 0.3) is 16.5 Å². The van der Waals surface area contributed by atoms with E-state index in [9.17, 15) is 4.79 Å². The quantitative estimate of drug-likeness (QED) is 0.354. The third-order valence-electron chi connectivity index (χ3n) is 5.88. The number of anilines is 1. The maximum Gasteiger partial charge on any atom is 0.307 e. The van der Waals surface area contributed by atoms with Crippen molar-refractivity contribution in [3.8, 4) is 0 Å². The van der Waals surface area contributed by atoms with E-state index in [2.05, 4.69) is 68.3 Å². The highest BCUT2D eigenvalue weighted by Gasteiger charge is 2.31. The number of carbonyl (C=O) groups excluding carboxylic acids is 1. The van der Waals surface area contributed by atoms with E-state index < -0.39 is 5.91 Å². The van der Waals surface area contributed by atoms with E-state index in [4.69, 9.17) is 16.0 Å². The van der Waals surface area contributed by atoms with Crippen molar-refractivity contribution >= 4 is 46.0 Å². The van der Waals surface area contributed by atoms with E-state index in [1.807, 2.05) is 0 Å². The highest BCUT2D eigenvalue weighted by Crippen LogP contribution is 2.40. The van der Waals surface area contributed by atoms with Gasteiger partial charge in [-0.2, -0.15) is 5.10 Å². The first kappa shape index (κ1) is 22.2. The largest absolute Gasteiger partial charge is 0.451 e. The molecule has 6 heteroatoms. The van der Waals surface area contributed by atoms with Gasteiger partial charge in [0.05, 0.1) is 11.8 Å². The second-order valence-electron chi connectivity index (χ2n) is 8.85. The van der Waals surface area contributed by atoms with Crippen LogP contribution in [0.15, 0.2) is 52.0 Å². The van der Waals surface area contributed by atoms with Gasteiger partial charge in [0.2, 0.25) is 0 Å². The molecule has 0 bridgehead atoms. The Morgan fingerprint density at radius 2 is 2.00 bits per heavy atom. The Balaban J connectivity index is 1.57. The Kier molecular flexibility index (Phi) is 5.87. The molecule has 0 atom stereocenters. The number of carbonyl (C=O) groups is 1. The zero-order chi connectivity index (χ0) is 23.0. The Bertz CT molecular complexity index is 1250. The number of furan rings is 1.